The molecule has 0 spiro atoms. The Morgan fingerprint density at radius 2 is 2.00 bits per heavy atom. The molecular formula is C18H16ClNO3. The predicted molar refractivity (Wildman–Crippen MR) is 89.2 cm³/mol. The maximum absolute atomic E-state index is 11.6. The first-order valence-electron chi connectivity index (χ1n) is 7.29. The number of nitrogens with one attached hydrogen (secondary N) is 1. The molecule has 1 amide bonds. The zero-order valence-corrected chi connectivity index (χ0v) is 13.2. The molecule has 0 aliphatic carbocycles. The van der Waals surface area contributed by atoms with Crippen molar-refractivity contribution in [2.75, 3.05) is 6.61 Å². The number of rotatable bonds is 4. The highest BCUT2D eigenvalue weighted by molar-refractivity contribution is 6.30. The van der Waals surface area contributed by atoms with Gasteiger partial charge in [0.25, 0.3) is 0 Å². The molecule has 0 bridgehead atoms. The van der Waals surface area contributed by atoms with E-state index in [1.807, 2.05) is 18.2 Å². The molecule has 1 heterocycles. The molecule has 1 N–H and O–H groups in total. The van der Waals surface area contributed by atoms with E-state index in [0.29, 0.717) is 29.5 Å². The van der Waals surface area contributed by atoms with Gasteiger partial charge in [-0.1, -0.05) is 18.2 Å². The molecule has 1 unspecified atom stereocenters. The van der Waals surface area contributed by atoms with Crippen molar-refractivity contribution in [1.82, 2.24) is 5.32 Å². The highest BCUT2D eigenvalue weighted by Gasteiger charge is 2.23. The molecular weight excluding hydrogens is 314 g/mol. The van der Waals surface area contributed by atoms with E-state index in [1.165, 1.54) is 6.08 Å². The number of ether oxygens (including phenoxy) is 2. The summed E-state index contributed by atoms with van der Waals surface area (Å²) >= 11 is 5.87. The molecule has 1 aliphatic rings. The first-order valence-corrected chi connectivity index (χ1v) is 7.66. The Hall–Kier alpha value is -2.46. The third-order valence-electron chi connectivity index (χ3n) is 3.57. The SMILES string of the molecule is C=CC(=O)NC1CCOc2ccc(Oc3ccc(Cl)cc3)cc21. The molecule has 4 nitrogen and oxygen atoms in total. The van der Waals surface area contributed by atoms with Crippen LogP contribution in [0.2, 0.25) is 5.02 Å². The van der Waals surface area contributed by atoms with Crippen molar-refractivity contribution in [2.45, 2.75) is 12.5 Å². The Labute approximate surface area is 139 Å². The molecule has 2 aromatic carbocycles. The van der Waals surface area contributed by atoms with Gasteiger partial charge in [-0.15, -0.1) is 0 Å². The molecule has 0 fully saturated rings. The van der Waals surface area contributed by atoms with Gasteiger partial charge in [-0.3, -0.25) is 4.79 Å². The summed E-state index contributed by atoms with van der Waals surface area (Å²) in [6, 6.07) is 12.6. The number of hydrogen-bond acceptors (Lipinski definition) is 3. The van der Waals surface area contributed by atoms with E-state index in [4.69, 9.17) is 21.1 Å². The zero-order chi connectivity index (χ0) is 16.2. The summed E-state index contributed by atoms with van der Waals surface area (Å²) in [6.45, 7) is 4.05. The fourth-order valence-electron chi connectivity index (χ4n) is 2.46. The lowest BCUT2D eigenvalue weighted by molar-refractivity contribution is -0.117. The highest BCUT2D eigenvalue weighted by Crippen LogP contribution is 2.36. The molecule has 1 atom stereocenters. The van der Waals surface area contributed by atoms with Gasteiger partial charge in [0.2, 0.25) is 5.91 Å². The highest BCUT2D eigenvalue weighted by atomic mass is 35.5. The number of fused-ring (bicyclic) bond motifs is 1. The van der Waals surface area contributed by atoms with Crippen molar-refractivity contribution in [2.24, 2.45) is 0 Å². The van der Waals surface area contributed by atoms with Crippen LogP contribution in [0.4, 0.5) is 0 Å². The van der Waals surface area contributed by atoms with Gasteiger partial charge in [0.1, 0.15) is 17.2 Å². The minimum Gasteiger partial charge on any atom is -0.493 e. The maximum atomic E-state index is 11.6. The summed E-state index contributed by atoms with van der Waals surface area (Å²) in [7, 11) is 0. The van der Waals surface area contributed by atoms with E-state index in [-0.39, 0.29) is 11.9 Å². The van der Waals surface area contributed by atoms with Crippen LogP contribution in [0.1, 0.15) is 18.0 Å². The van der Waals surface area contributed by atoms with Crippen LogP contribution in [0.25, 0.3) is 0 Å². The largest absolute Gasteiger partial charge is 0.493 e. The molecule has 0 radical (unpaired) electrons. The first-order chi connectivity index (χ1) is 11.2. The second-order valence-corrected chi connectivity index (χ2v) is 5.59. The van der Waals surface area contributed by atoms with Crippen molar-refractivity contribution in [1.29, 1.82) is 0 Å². The second kappa shape index (κ2) is 6.75. The third-order valence-corrected chi connectivity index (χ3v) is 3.82. The number of amides is 1. The van der Waals surface area contributed by atoms with E-state index in [1.54, 1.807) is 24.3 Å². The molecule has 2 aromatic rings. The summed E-state index contributed by atoms with van der Waals surface area (Å²) in [5.41, 5.74) is 0.901. The Bertz CT molecular complexity index is 728. The summed E-state index contributed by atoms with van der Waals surface area (Å²) in [5, 5.41) is 3.57. The lowest BCUT2D eigenvalue weighted by atomic mass is 10.00. The molecule has 1 aliphatic heterocycles. The number of hydrogen-bond donors (Lipinski definition) is 1. The van der Waals surface area contributed by atoms with Gasteiger partial charge in [0.05, 0.1) is 12.6 Å². The Kier molecular flexibility index (Phi) is 4.53. The minimum atomic E-state index is -0.202. The molecule has 0 aromatic heterocycles. The van der Waals surface area contributed by atoms with E-state index in [2.05, 4.69) is 11.9 Å². The van der Waals surface area contributed by atoms with E-state index in [0.717, 1.165) is 11.3 Å². The lowest BCUT2D eigenvalue weighted by Crippen LogP contribution is -2.30. The summed E-state index contributed by atoms with van der Waals surface area (Å²) in [4.78, 5) is 11.6. The summed E-state index contributed by atoms with van der Waals surface area (Å²) in [5.74, 6) is 1.92. The van der Waals surface area contributed by atoms with Crippen LogP contribution in [0.3, 0.4) is 0 Å². The number of benzene rings is 2. The van der Waals surface area contributed by atoms with Gasteiger partial charge in [0.15, 0.2) is 0 Å². The van der Waals surface area contributed by atoms with Gasteiger partial charge in [-0.05, 0) is 48.5 Å². The molecule has 0 saturated heterocycles. The number of halogens is 1. The maximum Gasteiger partial charge on any atom is 0.243 e. The fourth-order valence-corrected chi connectivity index (χ4v) is 2.58. The van der Waals surface area contributed by atoms with Gasteiger partial charge in [0, 0.05) is 17.0 Å². The van der Waals surface area contributed by atoms with E-state index in [9.17, 15) is 4.79 Å². The van der Waals surface area contributed by atoms with Crippen LogP contribution >= 0.6 is 11.6 Å². The van der Waals surface area contributed by atoms with Crippen molar-refractivity contribution in [3.05, 3.63) is 65.7 Å². The predicted octanol–water partition coefficient (Wildman–Crippen LogP) is 4.26. The van der Waals surface area contributed by atoms with Crippen LogP contribution in [0.15, 0.2) is 55.1 Å². The normalized spacial score (nSPS) is 16.0. The van der Waals surface area contributed by atoms with Crippen molar-refractivity contribution < 1.29 is 14.3 Å². The quantitative estimate of drug-likeness (QED) is 0.853. The van der Waals surface area contributed by atoms with Crippen LogP contribution in [0, 0.1) is 0 Å². The summed E-state index contributed by atoms with van der Waals surface area (Å²) < 4.78 is 11.5. The van der Waals surface area contributed by atoms with Crippen LogP contribution in [0.5, 0.6) is 17.2 Å². The standard InChI is InChI=1S/C18H16ClNO3/c1-2-18(21)20-16-9-10-22-17-8-7-14(11-15(16)17)23-13-5-3-12(19)4-6-13/h2-8,11,16H,1,9-10H2,(H,20,21). The number of carbonyl (C=O) groups is 1. The Morgan fingerprint density at radius 1 is 1.26 bits per heavy atom. The lowest BCUT2D eigenvalue weighted by Gasteiger charge is -2.26. The third kappa shape index (κ3) is 3.66. The van der Waals surface area contributed by atoms with E-state index >= 15 is 0 Å². The van der Waals surface area contributed by atoms with E-state index < -0.39 is 0 Å². The Balaban J connectivity index is 1.84. The summed E-state index contributed by atoms with van der Waals surface area (Å²) in [6.07, 6.45) is 1.97. The first kappa shape index (κ1) is 15.4. The fraction of sp³-hybridized carbons (Fsp3) is 0.167. The van der Waals surface area contributed by atoms with Gasteiger partial charge >= 0.3 is 0 Å². The Morgan fingerprint density at radius 3 is 2.74 bits per heavy atom. The second-order valence-electron chi connectivity index (χ2n) is 5.16. The molecule has 3 rings (SSSR count). The minimum absolute atomic E-state index is 0.113. The topological polar surface area (TPSA) is 47.6 Å². The van der Waals surface area contributed by atoms with Crippen molar-refractivity contribution >= 4 is 17.5 Å². The van der Waals surface area contributed by atoms with Crippen molar-refractivity contribution in [3.63, 3.8) is 0 Å². The van der Waals surface area contributed by atoms with Gasteiger partial charge in [-0.2, -0.15) is 0 Å². The van der Waals surface area contributed by atoms with Crippen LogP contribution in [-0.4, -0.2) is 12.5 Å². The molecule has 0 saturated carbocycles. The number of carbonyl (C=O) groups excluding carboxylic acids is 1. The zero-order valence-electron chi connectivity index (χ0n) is 12.4. The smallest absolute Gasteiger partial charge is 0.243 e. The van der Waals surface area contributed by atoms with Crippen LogP contribution in [-0.2, 0) is 4.79 Å². The molecule has 118 valence electrons. The monoisotopic (exact) mass is 329 g/mol. The average Bonchev–Trinajstić information content (AvgIpc) is 2.57. The molecule has 23 heavy (non-hydrogen) atoms. The van der Waals surface area contributed by atoms with Gasteiger partial charge in [-0.25, -0.2) is 0 Å². The van der Waals surface area contributed by atoms with Crippen molar-refractivity contribution in [3.8, 4) is 17.2 Å². The van der Waals surface area contributed by atoms with Crippen LogP contribution < -0.4 is 14.8 Å². The molecule has 5 heteroatoms. The van der Waals surface area contributed by atoms with Gasteiger partial charge < -0.3 is 14.8 Å². The average molecular weight is 330 g/mol.